The van der Waals surface area contributed by atoms with Crippen molar-refractivity contribution < 1.29 is 14.3 Å². The van der Waals surface area contributed by atoms with Crippen molar-refractivity contribution in [1.29, 1.82) is 0 Å². The van der Waals surface area contributed by atoms with Crippen molar-refractivity contribution in [1.82, 2.24) is 5.32 Å². The van der Waals surface area contributed by atoms with Gasteiger partial charge in [0.05, 0.1) is 12.1 Å². The summed E-state index contributed by atoms with van der Waals surface area (Å²) in [6.45, 7) is 0.848. The molecule has 0 fully saturated rings. The second-order valence-corrected chi connectivity index (χ2v) is 3.18. The number of nitrogens with one attached hydrogen (secondary N) is 1. The summed E-state index contributed by atoms with van der Waals surface area (Å²) in [7, 11) is 0. The van der Waals surface area contributed by atoms with Crippen LogP contribution in [0.2, 0.25) is 0 Å². The van der Waals surface area contributed by atoms with Crippen molar-refractivity contribution in [2.75, 3.05) is 13.2 Å². The van der Waals surface area contributed by atoms with Gasteiger partial charge in [-0.15, -0.1) is 0 Å². The smallest absolute Gasteiger partial charge is 0.255 e. The first-order chi connectivity index (χ1) is 7.18. The molecule has 5 nitrogen and oxygen atoms in total. The Kier molecular flexibility index (Phi) is 2.29. The fourth-order valence-corrected chi connectivity index (χ4v) is 1.40. The molecule has 1 aromatic rings. The topological polar surface area (TPSA) is 81.4 Å². The molecule has 0 saturated carbocycles. The van der Waals surface area contributed by atoms with Crippen LogP contribution in [0.25, 0.3) is 0 Å². The number of amides is 2. The lowest BCUT2D eigenvalue weighted by Crippen LogP contribution is -2.24. The van der Waals surface area contributed by atoms with Gasteiger partial charge in [0, 0.05) is 5.56 Å². The number of carbonyl (C=O) groups excluding carboxylic acids is 2. The lowest BCUT2D eigenvalue weighted by molar-refractivity contribution is 0.0954. The molecule has 0 unspecified atom stereocenters. The highest BCUT2D eigenvalue weighted by atomic mass is 16.5. The van der Waals surface area contributed by atoms with Crippen LogP contribution in [0.1, 0.15) is 20.7 Å². The molecule has 0 radical (unpaired) electrons. The maximum Gasteiger partial charge on any atom is 0.255 e. The zero-order valence-corrected chi connectivity index (χ0v) is 7.95. The molecule has 15 heavy (non-hydrogen) atoms. The number of nitrogens with two attached hydrogens (primary N) is 1. The average molecular weight is 206 g/mol. The van der Waals surface area contributed by atoms with Crippen molar-refractivity contribution in [3.8, 4) is 5.75 Å². The molecule has 0 atom stereocenters. The Morgan fingerprint density at radius 3 is 3.00 bits per heavy atom. The van der Waals surface area contributed by atoms with Gasteiger partial charge in [0.2, 0.25) is 5.91 Å². The van der Waals surface area contributed by atoms with Crippen LogP contribution in [0.4, 0.5) is 0 Å². The van der Waals surface area contributed by atoms with E-state index in [9.17, 15) is 9.59 Å². The van der Waals surface area contributed by atoms with E-state index in [-0.39, 0.29) is 5.91 Å². The van der Waals surface area contributed by atoms with Crippen LogP contribution in [-0.4, -0.2) is 25.0 Å². The second-order valence-electron chi connectivity index (χ2n) is 3.18. The van der Waals surface area contributed by atoms with Gasteiger partial charge in [-0.2, -0.15) is 0 Å². The minimum Gasteiger partial charge on any atom is -0.491 e. The van der Waals surface area contributed by atoms with E-state index in [4.69, 9.17) is 10.5 Å². The normalized spacial score (nSPS) is 14.5. The van der Waals surface area contributed by atoms with Gasteiger partial charge in [-0.3, -0.25) is 9.59 Å². The first kappa shape index (κ1) is 9.51. The molecule has 0 bridgehead atoms. The summed E-state index contributed by atoms with van der Waals surface area (Å²) < 4.78 is 5.32. The Hall–Kier alpha value is -2.04. The molecular formula is C10H10N2O3. The summed E-state index contributed by atoms with van der Waals surface area (Å²) in [6, 6.07) is 4.54. The first-order valence-corrected chi connectivity index (χ1v) is 4.53. The zero-order chi connectivity index (χ0) is 10.8. The zero-order valence-electron chi connectivity index (χ0n) is 7.95. The van der Waals surface area contributed by atoms with Crippen LogP contribution in [0.3, 0.4) is 0 Å². The van der Waals surface area contributed by atoms with Crippen LogP contribution in [0.5, 0.6) is 5.75 Å². The van der Waals surface area contributed by atoms with E-state index in [2.05, 4.69) is 5.32 Å². The number of fused-ring (bicyclic) bond motifs is 1. The van der Waals surface area contributed by atoms with Crippen molar-refractivity contribution in [2.45, 2.75) is 0 Å². The number of primary amides is 1. The maximum atomic E-state index is 11.5. The molecule has 2 amide bonds. The monoisotopic (exact) mass is 206 g/mol. The predicted molar refractivity (Wildman–Crippen MR) is 52.8 cm³/mol. The fourth-order valence-electron chi connectivity index (χ4n) is 1.40. The van der Waals surface area contributed by atoms with E-state index in [1.807, 2.05) is 0 Å². The Balaban J connectivity index is 2.47. The third-order valence-electron chi connectivity index (χ3n) is 2.16. The number of benzene rings is 1. The number of ether oxygens (including phenoxy) is 1. The molecule has 1 aliphatic rings. The number of hydrogen-bond donors (Lipinski definition) is 2. The molecule has 5 heteroatoms. The molecule has 2 rings (SSSR count). The standard InChI is InChI=1S/C10H10N2O3/c11-9(13)6-1-2-7-8(5-6)15-4-3-12-10(7)14/h1-2,5H,3-4H2,(H2,11,13)(H,12,14). The number of hydrogen-bond acceptors (Lipinski definition) is 3. The minimum absolute atomic E-state index is 0.196. The van der Waals surface area contributed by atoms with Gasteiger partial charge in [0.1, 0.15) is 12.4 Å². The first-order valence-electron chi connectivity index (χ1n) is 4.53. The highest BCUT2D eigenvalue weighted by Crippen LogP contribution is 2.21. The molecule has 1 heterocycles. The quantitative estimate of drug-likeness (QED) is 0.673. The van der Waals surface area contributed by atoms with E-state index in [1.54, 1.807) is 0 Å². The van der Waals surface area contributed by atoms with Gasteiger partial charge in [-0.25, -0.2) is 0 Å². The molecule has 1 aliphatic heterocycles. The molecule has 0 aliphatic carbocycles. The Morgan fingerprint density at radius 2 is 2.27 bits per heavy atom. The van der Waals surface area contributed by atoms with E-state index >= 15 is 0 Å². The van der Waals surface area contributed by atoms with Gasteiger partial charge >= 0.3 is 0 Å². The van der Waals surface area contributed by atoms with Crippen LogP contribution in [0, 0.1) is 0 Å². The Labute approximate surface area is 86.2 Å². The van der Waals surface area contributed by atoms with Crippen molar-refractivity contribution in [2.24, 2.45) is 5.73 Å². The van der Waals surface area contributed by atoms with Gasteiger partial charge in [-0.1, -0.05) is 0 Å². The summed E-state index contributed by atoms with van der Waals surface area (Å²) in [5.74, 6) is -0.328. The molecule has 1 aromatic carbocycles. The number of rotatable bonds is 1. The Morgan fingerprint density at radius 1 is 1.47 bits per heavy atom. The van der Waals surface area contributed by atoms with Gasteiger partial charge < -0.3 is 15.8 Å². The summed E-state index contributed by atoms with van der Waals surface area (Å²) >= 11 is 0. The molecule has 78 valence electrons. The maximum absolute atomic E-state index is 11.5. The molecule has 0 aromatic heterocycles. The molecule has 3 N–H and O–H groups in total. The van der Waals surface area contributed by atoms with Gasteiger partial charge in [0.15, 0.2) is 0 Å². The van der Waals surface area contributed by atoms with Crippen molar-refractivity contribution >= 4 is 11.8 Å². The van der Waals surface area contributed by atoms with E-state index in [0.29, 0.717) is 30.0 Å². The highest BCUT2D eigenvalue weighted by molar-refractivity contribution is 6.00. The summed E-state index contributed by atoms with van der Waals surface area (Å²) in [5.41, 5.74) is 5.89. The Bertz CT molecular complexity index is 429. The summed E-state index contributed by atoms with van der Waals surface area (Å²) in [4.78, 5) is 22.4. The van der Waals surface area contributed by atoms with Crippen molar-refractivity contribution in [3.63, 3.8) is 0 Å². The van der Waals surface area contributed by atoms with Gasteiger partial charge in [-0.05, 0) is 18.2 Å². The second kappa shape index (κ2) is 3.61. The van der Waals surface area contributed by atoms with E-state index in [1.165, 1.54) is 18.2 Å². The summed E-state index contributed by atoms with van der Waals surface area (Å²) in [6.07, 6.45) is 0. The lowest BCUT2D eigenvalue weighted by atomic mass is 10.1. The SMILES string of the molecule is NC(=O)c1ccc2c(c1)OCCNC2=O. The predicted octanol–water partition coefficient (Wildman–Crippen LogP) is -0.0923. The molecule has 0 spiro atoms. The van der Waals surface area contributed by atoms with Crippen LogP contribution in [0.15, 0.2) is 18.2 Å². The highest BCUT2D eigenvalue weighted by Gasteiger charge is 2.17. The average Bonchev–Trinajstić information content (AvgIpc) is 2.40. The molecular weight excluding hydrogens is 196 g/mol. The van der Waals surface area contributed by atoms with Crippen LogP contribution >= 0.6 is 0 Å². The third-order valence-corrected chi connectivity index (χ3v) is 2.16. The van der Waals surface area contributed by atoms with E-state index in [0.717, 1.165) is 0 Å². The van der Waals surface area contributed by atoms with Gasteiger partial charge in [0.25, 0.3) is 5.91 Å². The fraction of sp³-hybridized carbons (Fsp3) is 0.200. The largest absolute Gasteiger partial charge is 0.491 e. The number of carbonyl (C=O) groups is 2. The van der Waals surface area contributed by atoms with Crippen molar-refractivity contribution in [3.05, 3.63) is 29.3 Å². The lowest BCUT2D eigenvalue weighted by Gasteiger charge is -2.05. The molecule has 0 saturated heterocycles. The third kappa shape index (κ3) is 1.76. The van der Waals surface area contributed by atoms with Crippen LogP contribution in [-0.2, 0) is 0 Å². The minimum atomic E-state index is -0.536. The van der Waals surface area contributed by atoms with E-state index < -0.39 is 5.91 Å². The van der Waals surface area contributed by atoms with Crippen LogP contribution < -0.4 is 15.8 Å². The summed E-state index contributed by atoms with van der Waals surface area (Å²) in [5, 5.41) is 2.67.